The fourth-order valence-electron chi connectivity index (χ4n) is 1.15. The van der Waals surface area contributed by atoms with Gasteiger partial charge in [-0.2, -0.15) is 0 Å². The van der Waals surface area contributed by atoms with Gasteiger partial charge in [0.1, 0.15) is 5.75 Å². The van der Waals surface area contributed by atoms with E-state index in [1.165, 1.54) is 0 Å². The van der Waals surface area contributed by atoms with Gasteiger partial charge in [0.05, 0.1) is 12.8 Å². The van der Waals surface area contributed by atoms with E-state index in [0.717, 1.165) is 30.9 Å². The predicted octanol–water partition coefficient (Wildman–Crippen LogP) is 3.38. The van der Waals surface area contributed by atoms with Crippen LogP contribution in [0.5, 0.6) is 5.75 Å². The van der Waals surface area contributed by atoms with Gasteiger partial charge in [-0.05, 0) is 24.5 Å². The van der Waals surface area contributed by atoms with Crippen molar-refractivity contribution in [3.63, 3.8) is 0 Å². The highest BCUT2D eigenvalue weighted by molar-refractivity contribution is 5.21. The molecule has 0 aliphatic heterocycles. The van der Waals surface area contributed by atoms with Gasteiger partial charge in [0, 0.05) is 5.69 Å². The number of hydrogen-bond donors (Lipinski definition) is 0. The van der Waals surface area contributed by atoms with Crippen LogP contribution in [0.3, 0.4) is 0 Å². The Labute approximate surface area is 86.3 Å². The summed E-state index contributed by atoms with van der Waals surface area (Å²) in [5, 5.41) is 0. The van der Waals surface area contributed by atoms with Gasteiger partial charge in [0.25, 0.3) is 0 Å². The van der Waals surface area contributed by atoms with E-state index >= 15 is 0 Å². The molecular weight excluding hydrogens is 174 g/mol. The van der Waals surface area contributed by atoms with Gasteiger partial charge in [-0.15, -0.1) is 0 Å². The van der Waals surface area contributed by atoms with Gasteiger partial charge in [-0.25, -0.2) is 0 Å². The first-order valence-electron chi connectivity index (χ1n) is 5.32. The van der Waals surface area contributed by atoms with Crippen LogP contribution in [0.2, 0.25) is 0 Å². The second-order valence-electron chi connectivity index (χ2n) is 3.78. The number of nitrogens with zero attached hydrogens (tertiary/aromatic N) is 1. The van der Waals surface area contributed by atoms with E-state index in [0.29, 0.717) is 5.92 Å². The molecule has 0 saturated carbocycles. The molecule has 0 aliphatic rings. The summed E-state index contributed by atoms with van der Waals surface area (Å²) in [7, 11) is 0. The summed E-state index contributed by atoms with van der Waals surface area (Å²) in [6.07, 6.45) is 4.08. The molecule has 2 nitrogen and oxygen atoms in total. The normalized spacial score (nSPS) is 10.6. The van der Waals surface area contributed by atoms with E-state index in [2.05, 4.69) is 25.8 Å². The Morgan fingerprint density at radius 2 is 2.14 bits per heavy atom. The van der Waals surface area contributed by atoms with Crippen LogP contribution >= 0.6 is 0 Å². The molecule has 78 valence electrons. The van der Waals surface area contributed by atoms with Crippen LogP contribution in [0.15, 0.2) is 18.3 Å². The number of pyridine rings is 1. The number of hydrogen-bond acceptors (Lipinski definition) is 2. The maximum absolute atomic E-state index is 5.52. The minimum absolute atomic E-state index is 0.486. The van der Waals surface area contributed by atoms with Gasteiger partial charge in [0.2, 0.25) is 0 Å². The zero-order chi connectivity index (χ0) is 10.4. The van der Waals surface area contributed by atoms with Crippen molar-refractivity contribution in [2.24, 2.45) is 0 Å². The van der Waals surface area contributed by atoms with E-state index < -0.39 is 0 Å². The minimum atomic E-state index is 0.486. The van der Waals surface area contributed by atoms with Crippen LogP contribution in [0.1, 0.15) is 45.2 Å². The summed E-state index contributed by atoms with van der Waals surface area (Å²) in [6, 6.07) is 4.03. The fraction of sp³-hybridized carbons (Fsp3) is 0.583. The largest absolute Gasteiger partial charge is 0.492 e. The molecule has 0 amide bonds. The monoisotopic (exact) mass is 193 g/mol. The second-order valence-corrected chi connectivity index (χ2v) is 3.78. The van der Waals surface area contributed by atoms with E-state index in [1.54, 1.807) is 0 Å². The molecule has 1 rings (SSSR count). The Hall–Kier alpha value is -1.05. The summed E-state index contributed by atoms with van der Waals surface area (Å²) in [6.45, 7) is 7.22. The second kappa shape index (κ2) is 5.63. The molecule has 0 aliphatic carbocycles. The molecule has 0 atom stereocenters. The first kappa shape index (κ1) is 11.0. The van der Waals surface area contributed by atoms with Crippen LogP contribution in [0, 0.1) is 0 Å². The zero-order valence-electron chi connectivity index (χ0n) is 9.29. The molecule has 0 unspecified atom stereocenters. The molecule has 0 saturated heterocycles. The Kier molecular flexibility index (Phi) is 4.44. The van der Waals surface area contributed by atoms with Gasteiger partial charge in [0.15, 0.2) is 0 Å². The van der Waals surface area contributed by atoms with E-state index in [-0.39, 0.29) is 0 Å². The average Bonchev–Trinajstić information content (AvgIpc) is 2.19. The highest BCUT2D eigenvalue weighted by Gasteiger charge is 2.00. The van der Waals surface area contributed by atoms with Crippen LogP contribution in [0.25, 0.3) is 0 Å². The van der Waals surface area contributed by atoms with Crippen LogP contribution in [0.4, 0.5) is 0 Å². The van der Waals surface area contributed by atoms with Crippen LogP contribution in [-0.4, -0.2) is 11.6 Å². The Morgan fingerprint density at radius 1 is 1.36 bits per heavy atom. The van der Waals surface area contributed by atoms with Crippen molar-refractivity contribution in [2.75, 3.05) is 6.61 Å². The lowest BCUT2D eigenvalue weighted by molar-refractivity contribution is 0.308. The fourth-order valence-corrected chi connectivity index (χ4v) is 1.15. The molecule has 0 fully saturated rings. The first-order valence-corrected chi connectivity index (χ1v) is 5.32. The molecule has 0 N–H and O–H groups in total. The summed E-state index contributed by atoms with van der Waals surface area (Å²) in [5.74, 6) is 1.36. The molecular formula is C12H19NO. The third kappa shape index (κ3) is 3.36. The third-order valence-corrected chi connectivity index (χ3v) is 2.12. The molecule has 1 heterocycles. The van der Waals surface area contributed by atoms with Crippen molar-refractivity contribution < 1.29 is 4.74 Å². The van der Waals surface area contributed by atoms with Gasteiger partial charge < -0.3 is 4.74 Å². The van der Waals surface area contributed by atoms with Gasteiger partial charge in [-0.3, -0.25) is 4.98 Å². The van der Waals surface area contributed by atoms with Crippen molar-refractivity contribution in [1.82, 2.24) is 4.98 Å². The number of unbranched alkanes of at least 4 members (excludes halogenated alkanes) is 1. The molecule has 0 spiro atoms. The lowest BCUT2D eigenvalue weighted by Gasteiger charge is -2.07. The Bertz CT molecular complexity index is 254. The van der Waals surface area contributed by atoms with Crippen molar-refractivity contribution in [1.29, 1.82) is 0 Å². The summed E-state index contributed by atoms with van der Waals surface area (Å²) < 4.78 is 5.52. The van der Waals surface area contributed by atoms with Crippen molar-refractivity contribution >= 4 is 0 Å². The smallest absolute Gasteiger partial charge is 0.137 e. The number of rotatable bonds is 5. The zero-order valence-corrected chi connectivity index (χ0v) is 9.29. The van der Waals surface area contributed by atoms with Crippen LogP contribution < -0.4 is 4.74 Å². The SMILES string of the molecule is CCCCOc1ccc(C(C)C)nc1. The van der Waals surface area contributed by atoms with Gasteiger partial charge >= 0.3 is 0 Å². The van der Waals surface area contributed by atoms with E-state index in [4.69, 9.17) is 4.74 Å². The number of aromatic nitrogens is 1. The molecule has 0 radical (unpaired) electrons. The minimum Gasteiger partial charge on any atom is -0.492 e. The maximum atomic E-state index is 5.52. The van der Waals surface area contributed by atoms with Crippen LogP contribution in [-0.2, 0) is 0 Å². The van der Waals surface area contributed by atoms with Crippen molar-refractivity contribution in [3.05, 3.63) is 24.0 Å². The lowest BCUT2D eigenvalue weighted by Crippen LogP contribution is -1.98. The van der Waals surface area contributed by atoms with Crippen molar-refractivity contribution in [3.8, 4) is 5.75 Å². The maximum Gasteiger partial charge on any atom is 0.137 e. The van der Waals surface area contributed by atoms with E-state index in [1.807, 2.05) is 18.3 Å². The highest BCUT2D eigenvalue weighted by Crippen LogP contribution is 2.15. The summed E-state index contributed by atoms with van der Waals surface area (Å²) in [5.41, 5.74) is 1.12. The summed E-state index contributed by atoms with van der Waals surface area (Å²) >= 11 is 0. The first-order chi connectivity index (χ1) is 6.74. The Balaban J connectivity index is 2.47. The molecule has 0 aromatic carbocycles. The Morgan fingerprint density at radius 3 is 2.64 bits per heavy atom. The third-order valence-electron chi connectivity index (χ3n) is 2.12. The molecule has 1 aromatic rings. The van der Waals surface area contributed by atoms with E-state index in [9.17, 15) is 0 Å². The highest BCUT2D eigenvalue weighted by atomic mass is 16.5. The summed E-state index contributed by atoms with van der Waals surface area (Å²) in [4.78, 5) is 4.33. The lowest BCUT2D eigenvalue weighted by atomic mass is 10.1. The molecule has 2 heteroatoms. The quantitative estimate of drug-likeness (QED) is 0.669. The van der Waals surface area contributed by atoms with Gasteiger partial charge in [-0.1, -0.05) is 27.2 Å². The van der Waals surface area contributed by atoms with Crippen molar-refractivity contribution in [2.45, 2.75) is 39.5 Å². The topological polar surface area (TPSA) is 22.1 Å². The average molecular weight is 193 g/mol. The molecule has 1 aromatic heterocycles. The molecule has 0 bridgehead atoms. The molecule has 14 heavy (non-hydrogen) atoms. The number of ether oxygens (including phenoxy) is 1. The predicted molar refractivity (Wildman–Crippen MR) is 58.7 cm³/mol. The standard InChI is InChI=1S/C12H19NO/c1-4-5-8-14-11-6-7-12(10(2)3)13-9-11/h6-7,9-10H,4-5,8H2,1-3H3.